The van der Waals surface area contributed by atoms with Crippen molar-refractivity contribution in [2.24, 2.45) is 0 Å². The molecule has 0 unspecified atom stereocenters. The first-order valence-electron chi connectivity index (χ1n) is 9.91. The van der Waals surface area contributed by atoms with Crippen LogP contribution in [0, 0.1) is 0 Å². The molecule has 0 atom stereocenters. The van der Waals surface area contributed by atoms with Gasteiger partial charge >= 0.3 is 0 Å². The lowest BCUT2D eigenvalue weighted by atomic mass is 10.1. The van der Waals surface area contributed by atoms with Crippen LogP contribution in [-0.4, -0.2) is 47.0 Å². The predicted octanol–water partition coefficient (Wildman–Crippen LogP) is 3.47. The predicted molar refractivity (Wildman–Crippen MR) is 116 cm³/mol. The van der Waals surface area contributed by atoms with Crippen LogP contribution in [0.4, 0.5) is 5.69 Å². The molecule has 1 amide bonds. The van der Waals surface area contributed by atoms with Gasteiger partial charge in [0.2, 0.25) is 5.91 Å². The molecule has 152 valence electrons. The van der Waals surface area contributed by atoms with Crippen molar-refractivity contribution in [2.45, 2.75) is 26.2 Å². The number of amides is 1. The van der Waals surface area contributed by atoms with Gasteiger partial charge < -0.3 is 15.0 Å². The van der Waals surface area contributed by atoms with Gasteiger partial charge in [0.25, 0.3) is 5.56 Å². The molecule has 7 nitrogen and oxygen atoms in total. The number of fused-ring (bicyclic) bond motifs is 1. The van der Waals surface area contributed by atoms with Gasteiger partial charge in [-0.3, -0.25) is 14.5 Å². The highest BCUT2D eigenvalue weighted by Gasteiger charge is 2.16. The molecular formula is C21H24N4O3S. The van der Waals surface area contributed by atoms with Crippen LogP contribution in [0.3, 0.4) is 0 Å². The van der Waals surface area contributed by atoms with Crippen LogP contribution in [0.1, 0.15) is 26.2 Å². The highest BCUT2D eigenvalue weighted by Crippen LogP contribution is 2.31. The standard InChI is InChI=1S/C21H24N4O3S/c1-2-28-17-7-6-14(22-18(26)13-25-9-4-3-5-10-25)12-15(17)20-23-16-8-11-29-19(16)21(27)24-20/h6-8,11-12H,2-5,9-10,13H2,1H3,(H,22,26)(H,23,24,27). The Morgan fingerprint density at radius 1 is 1.28 bits per heavy atom. The van der Waals surface area contributed by atoms with Gasteiger partial charge in [-0.2, -0.15) is 0 Å². The van der Waals surface area contributed by atoms with Crippen LogP contribution >= 0.6 is 11.3 Å². The van der Waals surface area contributed by atoms with Crippen LogP contribution in [0.5, 0.6) is 5.75 Å². The molecule has 2 aromatic heterocycles. The summed E-state index contributed by atoms with van der Waals surface area (Å²) < 4.78 is 6.32. The molecule has 1 saturated heterocycles. The molecule has 2 N–H and O–H groups in total. The number of rotatable bonds is 6. The van der Waals surface area contributed by atoms with Crippen molar-refractivity contribution in [3.63, 3.8) is 0 Å². The molecule has 3 heterocycles. The molecule has 1 fully saturated rings. The number of hydrogen-bond donors (Lipinski definition) is 2. The van der Waals surface area contributed by atoms with E-state index in [1.54, 1.807) is 12.1 Å². The van der Waals surface area contributed by atoms with Crippen LogP contribution < -0.4 is 15.6 Å². The third-order valence-electron chi connectivity index (χ3n) is 4.95. The minimum absolute atomic E-state index is 0.0447. The SMILES string of the molecule is CCOc1ccc(NC(=O)CN2CCCCC2)cc1-c1nc2ccsc2c(=O)[nH]1. The van der Waals surface area contributed by atoms with Gasteiger partial charge in [0, 0.05) is 5.69 Å². The zero-order chi connectivity index (χ0) is 20.2. The van der Waals surface area contributed by atoms with E-state index in [-0.39, 0.29) is 11.5 Å². The average Bonchev–Trinajstić information content (AvgIpc) is 3.19. The maximum absolute atomic E-state index is 12.5. The van der Waals surface area contributed by atoms with Crippen molar-refractivity contribution in [3.8, 4) is 17.1 Å². The monoisotopic (exact) mass is 412 g/mol. The second-order valence-electron chi connectivity index (χ2n) is 7.08. The number of nitrogens with one attached hydrogen (secondary N) is 2. The number of anilines is 1. The number of piperidine rings is 1. The molecule has 0 aliphatic carbocycles. The summed E-state index contributed by atoms with van der Waals surface area (Å²) in [6.45, 7) is 4.70. The highest BCUT2D eigenvalue weighted by molar-refractivity contribution is 7.17. The zero-order valence-corrected chi connectivity index (χ0v) is 17.2. The quantitative estimate of drug-likeness (QED) is 0.647. The van der Waals surface area contributed by atoms with E-state index >= 15 is 0 Å². The lowest BCUT2D eigenvalue weighted by Gasteiger charge is -2.25. The third-order valence-corrected chi connectivity index (χ3v) is 5.85. The summed E-state index contributed by atoms with van der Waals surface area (Å²) in [6.07, 6.45) is 3.52. The average molecular weight is 413 g/mol. The van der Waals surface area contributed by atoms with E-state index in [2.05, 4.69) is 20.2 Å². The number of aromatic amines is 1. The first kappa shape index (κ1) is 19.6. The molecule has 1 aliphatic rings. The van der Waals surface area contributed by atoms with Gasteiger partial charge in [0.05, 0.1) is 24.2 Å². The van der Waals surface area contributed by atoms with Crippen LogP contribution in [0.15, 0.2) is 34.4 Å². The van der Waals surface area contributed by atoms with E-state index in [1.807, 2.05) is 24.4 Å². The van der Waals surface area contributed by atoms with E-state index in [1.165, 1.54) is 17.8 Å². The molecule has 1 aliphatic heterocycles. The molecule has 3 aromatic rings. The Hall–Kier alpha value is -2.71. The normalized spacial score (nSPS) is 14.8. The van der Waals surface area contributed by atoms with Gasteiger partial charge in [-0.25, -0.2) is 4.98 Å². The number of thiophene rings is 1. The van der Waals surface area contributed by atoms with Crippen LogP contribution in [0.25, 0.3) is 21.6 Å². The van der Waals surface area contributed by atoms with Crippen LogP contribution in [-0.2, 0) is 4.79 Å². The minimum Gasteiger partial charge on any atom is -0.493 e. The summed E-state index contributed by atoms with van der Waals surface area (Å²) in [5, 5.41) is 4.81. The lowest BCUT2D eigenvalue weighted by molar-refractivity contribution is -0.117. The zero-order valence-electron chi connectivity index (χ0n) is 16.4. The van der Waals surface area contributed by atoms with Crippen molar-refractivity contribution >= 4 is 33.1 Å². The van der Waals surface area contributed by atoms with Crippen molar-refractivity contribution in [1.29, 1.82) is 0 Å². The number of nitrogens with zero attached hydrogens (tertiary/aromatic N) is 2. The second-order valence-corrected chi connectivity index (χ2v) is 7.99. The van der Waals surface area contributed by atoms with Gasteiger partial charge in [-0.1, -0.05) is 6.42 Å². The fourth-order valence-electron chi connectivity index (χ4n) is 3.60. The topological polar surface area (TPSA) is 87.3 Å². The first-order valence-corrected chi connectivity index (χ1v) is 10.8. The van der Waals surface area contributed by atoms with Gasteiger partial charge in [-0.05, 0) is 62.5 Å². The number of carbonyl (C=O) groups excluding carboxylic acids is 1. The smallest absolute Gasteiger partial charge is 0.269 e. The Kier molecular flexibility index (Phi) is 5.92. The molecule has 0 spiro atoms. The van der Waals surface area contributed by atoms with E-state index in [0.717, 1.165) is 25.9 Å². The summed E-state index contributed by atoms with van der Waals surface area (Å²) >= 11 is 1.36. The molecule has 29 heavy (non-hydrogen) atoms. The number of carbonyl (C=O) groups is 1. The Morgan fingerprint density at radius 3 is 2.90 bits per heavy atom. The Morgan fingerprint density at radius 2 is 2.10 bits per heavy atom. The molecule has 0 saturated carbocycles. The molecule has 8 heteroatoms. The van der Waals surface area contributed by atoms with E-state index in [4.69, 9.17) is 4.74 Å². The van der Waals surface area contributed by atoms with Crippen molar-refractivity contribution in [3.05, 3.63) is 40.0 Å². The Labute approximate surface area is 172 Å². The molecule has 0 bridgehead atoms. The van der Waals surface area contributed by atoms with Gasteiger partial charge in [0.15, 0.2) is 0 Å². The molecule has 1 aromatic carbocycles. The fraction of sp³-hybridized carbons (Fsp3) is 0.381. The second kappa shape index (κ2) is 8.75. The number of benzene rings is 1. The van der Waals surface area contributed by atoms with Crippen molar-refractivity contribution < 1.29 is 9.53 Å². The number of H-pyrrole nitrogens is 1. The molecule has 4 rings (SSSR count). The highest BCUT2D eigenvalue weighted by atomic mass is 32.1. The fourth-order valence-corrected chi connectivity index (χ4v) is 4.32. The summed E-state index contributed by atoms with van der Waals surface area (Å²) in [7, 11) is 0. The Balaban J connectivity index is 1.61. The maximum atomic E-state index is 12.5. The van der Waals surface area contributed by atoms with E-state index in [9.17, 15) is 9.59 Å². The first-order chi connectivity index (χ1) is 14.1. The molecular weight excluding hydrogens is 388 g/mol. The van der Waals surface area contributed by atoms with Crippen molar-refractivity contribution in [1.82, 2.24) is 14.9 Å². The summed E-state index contributed by atoms with van der Waals surface area (Å²) in [4.78, 5) is 34.5. The van der Waals surface area contributed by atoms with Crippen molar-refractivity contribution in [2.75, 3.05) is 31.6 Å². The third kappa shape index (κ3) is 4.49. The number of aromatic nitrogens is 2. The van der Waals surface area contributed by atoms with Gasteiger partial charge in [0.1, 0.15) is 16.3 Å². The van der Waals surface area contributed by atoms with E-state index < -0.39 is 0 Å². The minimum atomic E-state index is -0.179. The van der Waals surface area contributed by atoms with E-state index in [0.29, 0.717) is 46.2 Å². The summed E-state index contributed by atoms with van der Waals surface area (Å²) in [5.41, 5.74) is 1.77. The summed E-state index contributed by atoms with van der Waals surface area (Å²) in [6, 6.07) is 7.23. The largest absolute Gasteiger partial charge is 0.493 e. The molecule has 0 radical (unpaired) electrons. The number of likely N-dealkylation sites (tertiary alicyclic amines) is 1. The summed E-state index contributed by atoms with van der Waals surface area (Å²) in [5.74, 6) is 0.993. The lowest BCUT2D eigenvalue weighted by Crippen LogP contribution is -2.36. The van der Waals surface area contributed by atoms with Gasteiger partial charge in [-0.15, -0.1) is 11.3 Å². The maximum Gasteiger partial charge on any atom is 0.269 e. The Bertz CT molecular complexity index is 1070. The van der Waals surface area contributed by atoms with Crippen LogP contribution in [0.2, 0.25) is 0 Å². The number of hydrogen-bond acceptors (Lipinski definition) is 6. The number of ether oxygens (including phenoxy) is 1.